The van der Waals surface area contributed by atoms with Crippen LogP contribution in [-0.4, -0.2) is 26.9 Å². The van der Waals surface area contributed by atoms with Gasteiger partial charge in [-0.25, -0.2) is 9.37 Å². The summed E-state index contributed by atoms with van der Waals surface area (Å²) in [5, 5.41) is 0. The van der Waals surface area contributed by atoms with E-state index in [-0.39, 0.29) is 11.7 Å². The molecular formula is C21H26FN3OS. The molecule has 0 saturated heterocycles. The molecule has 0 aliphatic heterocycles. The van der Waals surface area contributed by atoms with Gasteiger partial charge in [-0.3, -0.25) is 4.79 Å². The van der Waals surface area contributed by atoms with Crippen LogP contribution in [0.2, 0.25) is 0 Å². The minimum absolute atomic E-state index is 0.0443. The summed E-state index contributed by atoms with van der Waals surface area (Å²) >= 11 is 1.52. The standard InChI is InChI=1S/C21H26FN3OS/c1-4-6-12-24(21(26)19-10-7-15(3)27-19)14-20-23-17-9-8-16(22)13-18(17)25(20)11-5-2/h7-10,13H,4-6,11-12,14H2,1-3H3. The number of nitrogens with zero attached hydrogens (tertiary/aromatic N) is 3. The third kappa shape index (κ3) is 4.38. The third-order valence-corrected chi connectivity index (χ3v) is 5.58. The molecule has 0 bridgehead atoms. The van der Waals surface area contributed by atoms with Crippen LogP contribution in [0.25, 0.3) is 11.0 Å². The summed E-state index contributed by atoms with van der Waals surface area (Å²) in [6.07, 6.45) is 2.88. The Morgan fingerprint density at radius 3 is 2.70 bits per heavy atom. The van der Waals surface area contributed by atoms with Gasteiger partial charge in [-0.15, -0.1) is 11.3 Å². The molecule has 144 valence electrons. The molecule has 2 heterocycles. The number of unbranched alkanes of at least 4 members (excludes halogenated alkanes) is 1. The summed E-state index contributed by atoms with van der Waals surface area (Å²) in [6, 6.07) is 8.55. The minimum atomic E-state index is -0.265. The maximum absolute atomic E-state index is 13.7. The van der Waals surface area contributed by atoms with Crippen LogP contribution in [0.3, 0.4) is 0 Å². The lowest BCUT2D eigenvalue weighted by molar-refractivity contribution is 0.0739. The minimum Gasteiger partial charge on any atom is -0.330 e. The van der Waals surface area contributed by atoms with E-state index in [1.807, 2.05) is 28.5 Å². The Balaban J connectivity index is 1.95. The van der Waals surface area contributed by atoms with Gasteiger partial charge in [-0.2, -0.15) is 0 Å². The smallest absolute Gasteiger partial charge is 0.264 e. The van der Waals surface area contributed by atoms with Gasteiger partial charge in [0, 0.05) is 18.0 Å². The fourth-order valence-electron chi connectivity index (χ4n) is 3.22. The molecule has 3 rings (SSSR count). The number of benzene rings is 1. The molecule has 27 heavy (non-hydrogen) atoms. The van der Waals surface area contributed by atoms with Crippen molar-refractivity contribution in [3.05, 3.63) is 51.7 Å². The number of hydrogen-bond acceptors (Lipinski definition) is 3. The van der Waals surface area contributed by atoms with Crippen molar-refractivity contribution in [2.75, 3.05) is 6.54 Å². The number of rotatable bonds is 8. The lowest BCUT2D eigenvalue weighted by Crippen LogP contribution is -2.32. The predicted octanol–water partition coefficient (Wildman–Crippen LogP) is 5.40. The SMILES string of the molecule is CCCCN(Cc1nc2ccc(F)cc2n1CCC)C(=O)c1ccc(C)s1. The second-order valence-electron chi connectivity index (χ2n) is 6.80. The summed E-state index contributed by atoms with van der Waals surface area (Å²) in [5.41, 5.74) is 1.57. The largest absolute Gasteiger partial charge is 0.330 e. The number of amides is 1. The second-order valence-corrected chi connectivity index (χ2v) is 8.09. The number of fused-ring (bicyclic) bond motifs is 1. The zero-order valence-corrected chi connectivity index (χ0v) is 17.0. The zero-order valence-electron chi connectivity index (χ0n) is 16.2. The maximum Gasteiger partial charge on any atom is 0.264 e. The molecule has 1 aromatic carbocycles. The molecule has 0 aliphatic rings. The van der Waals surface area contributed by atoms with Gasteiger partial charge >= 0.3 is 0 Å². The van der Waals surface area contributed by atoms with E-state index < -0.39 is 0 Å². The van der Waals surface area contributed by atoms with Crippen molar-refractivity contribution in [3.8, 4) is 0 Å². The number of carbonyl (C=O) groups excluding carboxylic acids is 1. The molecule has 6 heteroatoms. The molecule has 0 atom stereocenters. The topological polar surface area (TPSA) is 38.1 Å². The van der Waals surface area contributed by atoms with Crippen LogP contribution in [0.1, 0.15) is 53.5 Å². The van der Waals surface area contributed by atoms with Crippen molar-refractivity contribution in [1.29, 1.82) is 0 Å². The Labute approximate surface area is 163 Å². The normalized spacial score (nSPS) is 11.3. The molecule has 0 radical (unpaired) electrons. The van der Waals surface area contributed by atoms with Gasteiger partial charge < -0.3 is 9.47 Å². The Morgan fingerprint density at radius 2 is 2.04 bits per heavy atom. The van der Waals surface area contributed by atoms with Crippen LogP contribution >= 0.6 is 11.3 Å². The van der Waals surface area contributed by atoms with E-state index in [0.29, 0.717) is 13.1 Å². The molecule has 0 aliphatic carbocycles. The lowest BCUT2D eigenvalue weighted by Gasteiger charge is -2.22. The first kappa shape index (κ1) is 19.5. The van der Waals surface area contributed by atoms with Gasteiger partial charge in [0.2, 0.25) is 0 Å². The van der Waals surface area contributed by atoms with Gasteiger partial charge in [0.25, 0.3) is 5.91 Å². The molecule has 4 nitrogen and oxygen atoms in total. The first-order chi connectivity index (χ1) is 13.0. The first-order valence-corrected chi connectivity index (χ1v) is 10.4. The number of hydrogen-bond donors (Lipinski definition) is 0. The molecule has 0 saturated carbocycles. The molecule has 0 spiro atoms. The average molecular weight is 388 g/mol. The lowest BCUT2D eigenvalue weighted by atomic mass is 10.3. The van der Waals surface area contributed by atoms with Crippen LogP contribution < -0.4 is 0 Å². The fourth-order valence-corrected chi connectivity index (χ4v) is 4.05. The first-order valence-electron chi connectivity index (χ1n) is 9.53. The van der Waals surface area contributed by atoms with E-state index in [1.165, 1.54) is 23.5 Å². The summed E-state index contributed by atoms with van der Waals surface area (Å²) < 4.78 is 15.8. The maximum atomic E-state index is 13.7. The summed E-state index contributed by atoms with van der Waals surface area (Å²) in [7, 11) is 0. The molecule has 0 unspecified atom stereocenters. The van der Waals surface area contributed by atoms with Gasteiger partial charge in [0.15, 0.2) is 0 Å². The van der Waals surface area contributed by atoms with Crippen LogP contribution in [0, 0.1) is 12.7 Å². The monoisotopic (exact) mass is 387 g/mol. The Morgan fingerprint density at radius 1 is 1.22 bits per heavy atom. The number of carbonyl (C=O) groups is 1. The number of aryl methyl sites for hydroxylation is 2. The highest BCUT2D eigenvalue weighted by Crippen LogP contribution is 2.22. The Bertz CT molecular complexity index is 931. The number of aromatic nitrogens is 2. The Kier molecular flexibility index (Phi) is 6.26. The van der Waals surface area contributed by atoms with Crippen molar-refractivity contribution in [2.45, 2.75) is 53.1 Å². The van der Waals surface area contributed by atoms with Crippen LogP contribution in [-0.2, 0) is 13.1 Å². The fraction of sp³-hybridized carbons (Fsp3) is 0.429. The summed E-state index contributed by atoms with van der Waals surface area (Å²) in [4.78, 5) is 21.5. The van der Waals surface area contributed by atoms with Gasteiger partial charge in [0.05, 0.1) is 22.5 Å². The summed E-state index contributed by atoms with van der Waals surface area (Å²) in [6.45, 7) is 8.09. The molecule has 1 amide bonds. The van der Waals surface area contributed by atoms with Crippen molar-refractivity contribution in [3.63, 3.8) is 0 Å². The van der Waals surface area contributed by atoms with Crippen LogP contribution in [0.5, 0.6) is 0 Å². The van der Waals surface area contributed by atoms with Gasteiger partial charge in [-0.1, -0.05) is 20.3 Å². The third-order valence-electron chi connectivity index (χ3n) is 4.59. The van der Waals surface area contributed by atoms with E-state index in [9.17, 15) is 9.18 Å². The van der Waals surface area contributed by atoms with E-state index in [1.54, 1.807) is 6.07 Å². The second kappa shape index (κ2) is 8.65. The number of imidazole rings is 1. The van der Waals surface area contributed by atoms with Crippen molar-refractivity contribution >= 4 is 28.3 Å². The van der Waals surface area contributed by atoms with Crippen molar-refractivity contribution in [2.24, 2.45) is 0 Å². The highest BCUT2D eigenvalue weighted by Gasteiger charge is 2.21. The van der Waals surface area contributed by atoms with Crippen molar-refractivity contribution in [1.82, 2.24) is 14.5 Å². The van der Waals surface area contributed by atoms with Crippen molar-refractivity contribution < 1.29 is 9.18 Å². The quantitative estimate of drug-likeness (QED) is 0.519. The highest BCUT2D eigenvalue weighted by atomic mass is 32.1. The average Bonchev–Trinajstić information content (AvgIpc) is 3.22. The van der Waals surface area contributed by atoms with E-state index in [2.05, 4.69) is 13.8 Å². The molecule has 2 aromatic heterocycles. The highest BCUT2D eigenvalue weighted by molar-refractivity contribution is 7.13. The predicted molar refractivity (Wildman–Crippen MR) is 109 cm³/mol. The Hall–Kier alpha value is -2.21. The van der Waals surface area contributed by atoms with Crippen LogP contribution in [0.4, 0.5) is 4.39 Å². The molecule has 0 N–H and O–H groups in total. The van der Waals surface area contributed by atoms with Gasteiger partial charge in [-0.05, 0) is 50.1 Å². The van der Waals surface area contributed by atoms with E-state index >= 15 is 0 Å². The molecular weight excluding hydrogens is 361 g/mol. The molecule has 3 aromatic rings. The molecule has 0 fully saturated rings. The number of halogens is 1. The number of thiophene rings is 1. The summed E-state index contributed by atoms with van der Waals surface area (Å²) in [5.74, 6) is 0.595. The van der Waals surface area contributed by atoms with E-state index in [0.717, 1.165) is 52.4 Å². The zero-order chi connectivity index (χ0) is 19.4. The van der Waals surface area contributed by atoms with E-state index in [4.69, 9.17) is 4.98 Å². The van der Waals surface area contributed by atoms with Crippen LogP contribution in [0.15, 0.2) is 30.3 Å². The van der Waals surface area contributed by atoms with Gasteiger partial charge in [0.1, 0.15) is 11.6 Å².